The molecule has 2 aromatic carbocycles. The Morgan fingerprint density at radius 1 is 0.912 bits per heavy atom. The number of hydrogen-bond donors (Lipinski definition) is 0. The number of nitrogens with zero attached hydrogens (tertiary/aromatic N) is 2. The highest BCUT2D eigenvalue weighted by molar-refractivity contribution is 7.89. The van der Waals surface area contributed by atoms with Crippen molar-refractivity contribution in [1.29, 1.82) is 0 Å². The van der Waals surface area contributed by atoms with E-state index in [4.69, 9.17) is 0 Å². The summed E-state index contributed by atoms with van der Waals surface area (Å²) in [5, 5.41) is 0. The third-order valence-electron chi connectivity index (χ3n) is 8.73. The molecule has 0 radical (unpaired) electrons. The Morgan fingerprint density at radius 2 is 1.59 bits per heavy atom. The van der Waals surface area contributed by atoms with E-state index >= 15 is 0 Å². The first-order chi connectivity index (χ1) is 15.8. The van der Waals surface area contributed by atoms with Gasteiger partial charge in [-0.3, -0.25) is 9.50 Å². The van der Waals surface area contributed by atoms with E-state index < -0.39 is 10.0 Å². The lowest BCUT2D eigenvalue weighted by atomic mass is 9.66. The molecule has 2 spiro atoms. The summed E-state index contributed by atoms with van der Waals surface area (Å²) in [6.45, 7) is 3.94. The van der Waals surface area contributed by atoms with Gasteiger partial charge < -0.3 is 4.90 Å². The second-order valence-electron chi connectivity index (χ2n) is 10.8. The molecular formula is C27H33FN2O3S. The average Bonchev–Trinajstić information content (AvgIpc) is 3.22. The minimum Gasteiger partial charge on any atom is -0.307 e. The maximum atomic E-state index is 13.8. The zero-order valence-corrected chi connectivity index (χ0v) is 20.6. The van der Waals surface area contributed by atoms with Gasteiger partial charge in [-0.15, -0.1) is 0 Å². The third kappa shape index (κ3) is 3.68. The molecule has 1 saturated heterocycles. The number of aryl methyl sites for hydroxylation is 1. The van der Waals surface area contributed by atoms with Crippen molar-refractivity contribution < 1.29 is 17.9 Å². The van der Waals surface area contributed by atoms with Crippen molar-refractivity contribution in [3.63, 3.8) is 0 Å². The lowest BCUT2D eigenvalue weighted by Crippen LogP contribution is -2.40. The van der Waals surface area contributed by atoms with Crippen LogP contribution in [0.2, 0.25) is 0 Å². The molecule has 4 aliphatic rings. The van der Waals surface area contributed by atoms with Gasteiger partial charge in [0.15, 0.2) is 0 Å². The molecule has 2 aromatic rings. The molecular weight excluding hydrogens is 451 g/mol. The lowest BCUT2D eigenvalue weighted by molar-refractivity contribution is 0.0980. The summed E-state index contributed by atoms with van der Waals surface area (Å²) in [5.74, 6) is -0.0952. The summed E-state index contributed by atoms with van der Waals surface area (Å²) >= 11 is 0. The van der Waals surface area contributed by atoms with Crippen molar-refractivity contribution in [3.8, 4) is 0 Å². The first-order valence-corrected chi connectivity index (χ1v) is 13.8. The second-order valence-corrected chi connectivity index (χ2v) is 12.8. The number of hydrogen-bond acceptors (Lipinski definition) is 3. The van der Waals surface area contributed by atoms with Crippen LogP contribution in [0.5, 0.6) is 0 Å². The first kappa shape index (κ1) is 23.5. The van der Waals surface area contributed by atoms with E-state index in [9.17, 15) is 13.2 Å². The van der Waals surface area contributed by atoms with Crippen LogP contribution in [-0.4, -0.2) is 38.3 Å². The summed E-state index contributed by atoms with van der Waals surface area (Å²) in [4.78, 5) is 15.9. The molecule has 6 rings (SSSR count). The normalized spacial score (nSPS) is 22.6. The summed E-state index contributed by atoms with van der Waals surface area (Å²) in [6, 6.07) is 13.1. The molecule has 0 N–H and O–H groups in total. The Kier molecular flexibility index (Phi) is 5.64. The molecule has 2 heterocycles. The first-order valence-electron chi connectivity index (χ1n) is 12.4. The summed E-state index contributed by atoms with van der Waals surface area (Å²) in [7, 11) is -3.55. The van der Waals surface area contributed by atoms with Crippen LogP contribution in [0.1, 0.15) is 72.9 Å². The largest absolute Gasteiger partial charge is 0.307 e. The van der Waals surface area contributed by atoms with Crippen LogP contribution >= 0.6 is 0 Å². The predicted octanol–water partition coefficient (Wildman–Crippen LogP) is 5.18. The minimum atomic E-state index is -3.55. The van der Waals surface area contributed by atoms with E-state index in [1.807, 2.05) is 4.90 Å². The molecule has 0 bridgehead atoms. The van der Waals surface area contributed by atoms with Crippen molar-refractivity contribution in [2.24, 2.45) is 5.41 Å². The third-order valence-corrected chi connectivity index (χ3v) is 10.6. The summed E-state index contributed by atoms with van der Waals surface area (Å²) in [5.41, 5.74) is 4.62. The van der Waals surface area contributed by atoms with Gasteiger partial charge in [-0.1, -0.05) is 23.8 Å². The number of carbonyl (C=O) groups is 1. The van der Waals surface area contributed by atoms with Crippen molar-refractivity contribution in [3.05, 3.63) is 59.2 Å². The Morgan fingerprint density at radius 3 is 2.26 bits per heavy atom. The van der Waals surface area contributed by atoms with Gasteiger partial charge in [0.1, 0.15) is 0 Å². The van der Waals surface area contributed by atoms with Crippen LogP contribution in [0.25, 0.3) is 0 Å². The van der Waals surface area contributed by atoms with Crippen molar-refractivity contribution in [2.45, 2.75) is 68.6 Å². The molecule has 7 heteroatoms. The van der Waals surface area contributed by atoms with Gasteiger partial charge in [0, 0.05) is 36.3 Å². The van der Waals surface area contributed by atoms with E-state index in [0.29, 0.717) is 30.6 Å². The highest BCUT2D eigenvalue weighted by atomic mass is 32.2. The van der Waals surface area contributed by atoms with E-state index in [1.165, 1.54) is 41.1 Å². The molecule has 5 nitrogen and oxygen atoms in total. The van der Waals surface area contributed by atoms with Gasteiger partial charge in [0.25, 0.3) is 5.91 Å². The van der Waals surface area contributed by atoms with Gasteiger partial charge in [-0.25, -0.2) is 8.42 Å². The maximum Gasteiger partial charge on any atom is 0.258 e. The zero-order valence-electron chi connectivity index (χ0n) is 19.8. The smallest absolute Gasteiger partial charge is 0.258 e. The number of rotatable bonds is 3. The summed E-state index contributed by atoms with van der Waals surface area (Å²) < 4.78 is 27.7. The minimum absolute atomic E-state index is 0. The monoisotopic (exact) mass is 484 g/mol. The van der Waals surface area contributed by atoms with Gasteiger partial charge >= 0.3 is 0 Å². The Labute approximate surface area is 201 Å². The standard InChI is InChI=1S/C27H32N2O3S.FH/c1-20-7-8-24-23(17-20)27(13-11-26(9-10-26)12-14-27)19-29(24)25(30)21-5-4-6-22(18-21)33(31,32)28-15-2-3-16-28;/h4-8,17-18H,2-3,9-16,19H2,1H3;1H. The average molecular weight is 485 g/mol. The maximum absolute atomic E-state index is 13.8. The van der Waals surface area contributed by atoms with Gasteiger partial charge in [-0.05, 0) is 93.5 Å². The molecule has 182 valence electrons. The predicted molar refractivity (Wildman–Crippen MR) is 132 cm³/mol. The van der Waals surface area contributed by atoms with Crippen LogP contribution in [0.4, 0.5) is 10.4 Å². The van der Waals surface area contributed by atoms with Crippen LogP contribution in [0.3, 0.4) is 0 Å². The number of carbonyl (C=O) groups excluding carboxylic acids is 1. The van der Waals surface area contributed by atoms with E-state index in [-0.39, 0.29) is 20.9 Å². The zero-order chi connectivity index (χ0) is 22.8. The van der Waals surface area contributed by atoms with Crippen molar-refractivity contribution in [1.82, 2.24) is 4.31 Å². The molecule has 0 atom stereocenters. The molecule has 2 aliphatic heterocycles. The molecule has 1 amide bonds. The molecule has 2 aliphatic carbocycles. The molecule has 3 fully saturated rings. The molecule has 0 aromatic heterocycles. The van der Waals surface area contributed by atoms with Gasteiger partial charge in [-0.2, -0.15) is 4.31 Å². The van der Waals surface area contributed by atoms with Crippen LogP contribution in [0, 0.1) is 12.3 Å². The lowest BCUT2D eigenvalue weighted by Gasteiger charge is -2.38. The SMILES string of the molecule is Cc1ccc2c(c1)C1(CCC3(CC3)CC1)CN2C(=O)c1cccc(S(=O)(=O)N2CCCC2)c1.F. The van der Waals surface area contributed by atoms with Crippen molar-refractivity contribution in [2.75, 3.05) is 24.5 Å². The van der Waals surface area contributed by atoms with E-state index in [2.05, 4.69) is 25.1 Å². The van der Waals surface area contributed by atoms with Crippen LogP contribution < -0.4 is 4.90 Å². The Balaban J connectivity index is 0.00000241. The van der Waals surface area contributed by atoms with E-state index in [0.717, 1.165) is 31.4 Å². The summed E-state index contributed by atoms with van der Waals surface area (Å²) in [6.07, 6.45) is 9.30. The number of amides is 1. The number of anilines is 1. The number of halogens is 1. The van der Waals surface area contributed by atoms with Crippen LogP contribution in [-0.2, 0) is 15.4 Å². The van der Waals surface area contributed by atoms with Crippen LogP contribution in [0.15, 0.2) is 47.4 Å². The fourth-order valence-electron chi connectivity index (χ4n) is 6.35. The number of fused-ring (bicyclic) bond motifs is 2. The van der Waals surface area contributed by atoms with Gasteiger partial charge in [0.2, 0.25) is 10.0 Å². The molecule has 34 heavy (non-hydrogen) atoms. The topological polar surface area (TPSA) is 57.7 Å². The Bertz CT molecular complexity index is 1220. The van der Waals surface area contributed by atoms with Crippen molar-refractivity contribution >= 4 is 21.6 Å². The molecule has 0 unspecified atom stereocenters. The fraction of sp³-hybridized carbons (Fsp3) is 0.519. The molecule has 2 saturated carbocycles. The fourth-order valence-corrected chi connectivity index (χ4v) is 7.91. The van der Waals surface area contributed by atoms with Gasteiger partial charge in [0.05, 0.1) is 4.90 Å². The van der Waals surface area contributed by atoms with E-state index in [1.54, 1.807) is 24.3 Å². The number of sulfonamides is 1. The highest BCUT2D eigenvalue weighted by Gasteiger charge is 2.53. The second kappa shape index (κ2) is 8.16. The quantitative estimate of drug-likeness (QED) is 0.603. The Hall–Kier alpha value is -2.25. The highest BCUT2D eigenvalue weighted by Crippen LogP contribution is 2.62. The number of benzene rings is 2.